The minimum atomic E-state index is -1.36. The summed E-state index contributed by atoms with van der Waals surface area (Å²) in [6.07, 6.45) is 1.53. The van der Waals surface area contributed by atoms with Crippen LogP contribution in [0.25, 0.3) is 0 Å². The third-order valence-corrected chi connectivity index (χ3v) is 3.24. The zero-order valence-corrected chi connectivity index (χ0v) is 8.78. The number of rotatable bonds is 3. The largest absolute Gasteiger partial charge is 0.479 e. The number of nitrogens with zero attached hydrogens (tertiary/aromatic N) is 1. The summed E-state index contributed by atoms with van der Waals surface area (Å²) in [4.78, 5) is 10.7. The van der Waals surface area contributed by atoms with Crippen LogP contribution in [0.2, 0.25) is 0 Å². The molecule has 1 heterocycles. The van der Waals surface area contributed by atoms with Crippen LogP contribution < -0.4 is 0 Å². The molecule has 1 aromatic heterocycles. The van der Waals surface area contributed by atoms with Crippen molar-refractivity contribution in [2.45, 2.75) is 24.4 Å². The van der Waals surface area contributed by atoms with Crippen LogP contribution in [0.4, 0.5) is 0 Å². The van der Waals surface area contributed by atoms with E-state index in [1.54, 1.807) is 6.20 Å². The number of nitrogens with one attached hydrogen (secondary N) is 1. The van der Waals surface area contributed by atoms with Crippen LogP contribution in [0.15, 0.2) is 10.7 Å². The highest BCUT2D eigenvalue weighted by molar-refractivity contribution is 9.10. The first kappa shape index (κ1) is 9.67. The monoisotopic (exact) mass is 260 g/mol. The fourth-order valence-electron chi connectivity index (χ4n) is 1.65. The predicted molar refractivity (Wildman–Crippen MR) is 50.8 cm³/mol. The average Bonchev–Trinajstić information content (AvgIpc) is 2.83. The number of aliphatic carboxylic acids is 1. The van der Waals surface area contributed by atoms with Gasteiger partial charge in [-0.1, -0.05) is 0 Å². The highest BCUT2D eigenvalue weighted by Crippen LogP contribution is 2.52. The predicted octanol–water partition coefficient (Wildman–Crippen LogP) is 0.649. The first-order valence-corrected chi connectivity index (χ1v) is 4.97. The van der Waals surface area contributed by atoms with Gasteiger partial charge in [-0.25, -0.2) is 4.79 Å². The molecule has 0 amide bonds. The van der Waals surface area contributed by atoms with Crippen molar-refractivity contribution < 1.29 is 15.0 Å². The molecule has 5 nitrogen and oxygen atoms in total. The average molecular weight is 261 g/mol. The maximum Gasteiger partial charge on any atom is 0.333 e. The summed E-state index contributed by atoms with van der Waals surface area (Å²) in [6.45, 7) is 0. The minimum absolute atomic E-state index is 0.666. The number of halogens is 1. The lowest BCUT2D eigenvalue weighted by atomic mass is 9.95. The van der Waals surface area contributed by atoms with E-state index in [9.17, 15) is 9.90 Å². The van der Waals surface area contributed by atoms with E-state index < -0.39 is 17.5 Å². The lowest BCUT2D eigenvalue weighted by Gasteiger charge is -2.17. The topological polar surface area (TPSA) is 86.2 Å². The molecule has 76 valence electrons. The van der Waals surface area contributed by atoms with Crippen LogP contribution in [-0.4, -0.2) is 32.5 Å². The molecule has 0 aromatic carbocycles. The number of aliphatic hydroxyl groups is 1. The molecule has 0 saturated heterocycles. The lowest BCUT2D eigenvalue weighted by molar-refractivity contribution is -0.148. The molecule has 1 saturated carbocycles. The van der Waals surface area contributed by atoms with Crippen LogP contribution in [0.3, 0.4) is 0 Å². The van der Waals surface area contributed by atoms with Gasteiger partial charge in [0.1, 0.15) is 0 Å². The number of aliphatic hydroxyl groups excluding tert-OH is 1. The lowest BCUT2D eigenvalue weighted by Crippen LogP contribution is -2.34. The molecule has 0 bridgehead atoms. The Balaban J connectivity index is 2.34. The van der Waals surface area contributed by atoms with Gasteiger partial charge in [0.2, 0.25) is 0 Å². The van der Waals surface area contributed by atoms with Gasteiger partial charge in [0, 0.05) is 0 Å². The molecule has 6 heteroatoms. The summed E-state index contributed by atoms with van der Waals surface area (Å²) in [5.74, 6) is -1.19. The SMILES string of the molecule is O=C(O)C(O)C1(c2[nH]ncc2Br)CC1. The fourth-order valence-corrected chi connectivity index (χ4v) is 2.24. The minimum Gasteiger partial charge on any atom is -0.479 e. The second kappa shape index (κ2) is 3.06. The highest BCUT2D eigenvalue weighted by atomic mass is 79.9. The molecule has 2 rings (SSSR count). The van der Waals surface area contributed by atoms with Crippen LogP contribution in [0, 0.1) is 0 Å². The first-order chi connectivity index (χ1) is 6.58. The molecule has 1 unspecified atom stereocenters. The molecular formula is C8H9BrN2O3. The molecule has 1 atom stereocenters. The maximum absolute atomic E-state index is 10.7. The van der Waals surface area contributed by atoms with E-state index >= 15 is 0 Å². The van der Waals surface area contributed by atoms with Crippen molar-refractivity contribution >= 4 is 21.9 Å². The number of carboxylic acid groups (broad SMARTS) is 1. The fraction of sp³-hybridized carbons (Fsp3) is 0.500. The van der Waals surface area contributed by atoms with Crippen molar-refractivity contribution in [2.24, 2.45) is 0 Å². The summed E-state index contributed by atoms with van der Waals surface area (Å²) in [7, 11) is 0. The maximum atomic E-state index is 10.7. The van der Waals surface area contributed by atoms with Crippen molar-refractivity contribution in [3.8, 4) is 0 Å². The Morgan fingerprint density at radius 1 is 1.71 bits per heavy atom. The molecule has 0 spiro atoms. The Labute approximate surface area is 88.3 Å². The molecule has 14 heavy (non-hydrogen) atoms. The number of carbonyl (C=O) groups is 1. The van der Waals surface area contributed by atoms with Gasteiger partial charge in [-0.15, -0.1) is 0 Å². The van der Waals surface area contributed by atoms with Gasteiger partial charge in [0.25, 0.3) is 0 Å². The molecule has 1 aliphatic carbocycles. The van der Waals surface area contributed by atoms with Gasteiger partial charge in [0.05, 0.1) is 21.8 Å². The molecular weight excluding hydrogens is 252 g/mol. The molecule has 0 aliphatic heterocycles. The van der Waals surface area contributed by atoms with Gasteiger partial charge in [-0.3, -0.25) is 5.10 Å². The van der Waals surface area contributed by atoms with E-state index in [1.807, 2.05) is 0 Å². The third-order valence-electron chi connectivity index (χ3n) is 2.64. The number of H-pyrrole nitrogens is 1. The third kappa shape index (κ3) is 1.26. The number of hydrogen-bond acceptors (Lipinski definition) is 3. The van der Waals surface area contributed by atoms with Crippen molar-refractivity contribution in [3.63, 3.8) is 0 Å². The zero-order valence-electron chi connectivity index (χ0n) is 7.20. The highest BCUT2D eigenvalue weighted by Gasteiger charge is 2.55. The van der Waals surface area contributed by atoms with Gasteiger partial charge >= 0.3 is 5.97 Å². The van der Waals surface area contributed by atoms with Crippen molar-refractivity contribution in [1.82, 2.24) is 10.2 Å². The van der Waals surface area contributed by atoms with E-state index in [1.165, 1.54) is 0 Å². The van der Waals surface area contributed by atoms with Gasteiger partial charge in [-0.2, -0.15) is 5.10 Å². The van der Waals surface area contributed by atoms with Crippen molar-refractivity contribution in [1.29, 1.82) is 0 Å². The van der Waals surface area contributed by atoms with E-state index in [0.29, 0.717) is 18.5 Å². The van der Waals surface area contributed by atoms with Crippen LogP contribution in [-0.2, 0) is 10.2 Å². The van der Waals surface area contributed by atoms with Gasteiger partial charge < -0.3 is 10.2 Å². The molecule has 1 fully saturated rings. The van der Waals surface area contributed by atoms with Crippen molar-refractivity contribution in [3.05, 3.63) is 16.4 Å². The summed E-state index contributed by atoms with van der Waals surface area (Å²) in [6, 6.07) is 0. The molecule has 1 aromatic rings. The van der Waals surface area contributed by atoms with Gasteiger partial charge in [-0.05, 0) is 28.8 Å². The number of aromatic amines is 1. The Bertz CT molecular complexity index is 372. The molecule has 3 N–H and O–H groups in total. The Kier molecular flexibility index (Phi) is 2.11. The molecule has 1 aliphatic rings. The van der Waals surface area contributed by atoms with Crippen molar-refractivity contribution in [2.75, 3.05) is 0 Å². The second-order valence-electron chi connectivity index (χ2n) is 3.49. The molecule has 0 radical (unpaired) electrons. The summed E-state index contributed by atoms with van der Waals surface area (Å²) in [5, 5.41) is 24.8. The van der Waals surface area contributed by atoms with E-state index in [4.69, 9.17) is 5.11 Å². The number of hydrogen-bond donors (Lipinski definition) is 3. The van der Waals surface area contributed by atoms with Crippen LogP contribution in [0.1, 0.15) is 18.5 Å². The number of aromatic nitrogens is 2. The second-order valence-corrected chi connectivity index (χ2v) is 4.34. The van der Waals surface area contributed by atoms with E-state index in [2.05, 4.69) is 26.1 Å². The Morgan fingerprint density at radius 2 is 2.36 bits per heavy atom. The Hall–Kier alpha value is -0.880. The quantitative estimate of drug-likeness (QED) is 0.745. The summed E-state index contributed by atoms with van der Waals surface area (Å²) in [5.41, 5.74) is 0.00801. The Morgan fingerprint density at radius 3 is 2.71 bits per heavy atom. The smallest absolute Gasteiger partial charge is 0.333 e. The van der Waals surface area contributed by atoms with Crippen LogP contribution in [0.5, 0.6) is 0 Å². The standard InChI is InChI=1S/C8H9BrN2O3/c9-4-3-10-11-5(4)8(1-2-8)6(12)7(13)14/h3,6,12H,1-2H2,(H,10,11)(H,13,14). The van der Waals surface area contributed by atoms with E-state index in [0.717, 1.165) is 4.47 Å². The summed E-state index contributed by atoms with van der Waals surface area (Å²) < 4.78 is 0.718. The number of carboxylic acids is 1. The van der Waals surface area contributed by atoms with E-state index in [-0.39, 0.29) is 0 Å². The van der Waals surface area contributed by atoms with Gasteiger partial charge in [0.15, 0.2) is 6.10 Å². The van der Waals surface area contributed by atoms with Crippen LogP contribution >= 0.6 is 15.9 Å². The normalized spacial score (nSPS) is 20.4. The zero-order chi connectivity index (χ0) is 10.3. The summed E-state index contributed by atoms with van der Waals surface area (Å²) >= 11 is 3.26. The first-order valence-electron chi connectivity index (χ1n) is 4.18.